The highest BCUT2D eigenvalue weighted by atomic mass is 16.5. The molecule has 4 nitrogen and oxygen atoms in total. The first kappa shape index (κ1) is 16.9. The minimum atomic E-state index is -0.0169. The van der Waals surface area contributed by atoms with E-state index in [-0.39, 0.29) is 5.91 Å². The van der Waals surface area contributed by atoms with Gasteiger partial charge in [-0.15, -0.1) is 0 Å². The number of methoxy groups -OCH3 is 2. The molecule has 0 aliphatic carbocycles. The number of rotatable bonds is 7. The summed E-state index contributed by atoms with van der Waals surface area (Å²) in [5.74, 6) is 1.28. The molecule has 1 N–H and O–H groups in total. The third kappa shape index (κ3) is 4.74. The lowest BCUT2D eigenvalue weighted by Gasteiger charge is -2.10. The van der Waals surface area contributed by atoms with Crippen LogP contribution in [0.15, 0.2) is 42.5 Å². The molecule has 0 fully saturated rings. The van der Waals surface area contributed by atoms with Crippen LogP contribution in [-0.2, 0) is 24.2 Å². The lowest BCUT2D eigenvalue weighted by atomic mass is 10.1. The minimum Gasteiger partial charge on any atom is -0.493 e. The Kier molecular flexibility index (Phi) is 6.03. The quantitative estimate of drug-likeness (QED) is 0.854. The zero-order chi connectivity index (χ0) is 16.7. The summed E-state index contributed by atoms with van der Waals surface area (Å²) in [5, 5.41) is 2.94. The number of carbonyl (C=O) groups is 1. The van der Waals surface area contributed by atoms with Crippen LogP contribution in [0, 0.1) is 0 Å². The molecule has 0 aliphatic rings. The Morgan fingerprint density at radius 1 is 0.913 bits per heavy atom. The number of carbonyl (C=O) groups excluding carboxylic acids is 1. The number of hydrogen-bond acceptors (Lipinski definition) is 3. The van der Waals surface area contributed by atoms with Crippen molar-refractivity contribution < 1.29 is 14.3 Å². The molecule has 2 aromatic rings. The van der Waals surface area contributed by atoms with Gasteiger partial charge in [0.1, 0.15) is 0 Å². The van der Waals surface area contributed by atoms with Gasteiger partial charge in [0, 0.05) is 6.54 Å². The van der Waals surface area contributed by atoms with Crippen LogP contribution in [0.3, 0.4) is 0 Å². The molecule has 0 unspecified atom stereocenters. The van der Waals surface area contributed by atoms with Crippen LogP contribution in [0.1, 0.15) is 23.6 Å². The molecule has 0 radical (unpaired) electrons. The summed E-state index contributed by atoms with van der Waals surface area (Å²) < 4.78 is 10.4. The summed E-state index contributed by atoms with van der Waals surface area (Å²) in [5.41, 5.74) is 3.29. The largest absolute Gasteiger partial charge is 0.493 e. The zero-order valence-corrected chi connectivity index (χ0v) is 13.9. The van der Waals surface area contributed by atoms with Crippen molar-refractivity contribution in [2.75, 3.05) is 14.2 Å². The molecule has 4 heteroatoms. The molecule has 0 heterocycles. The van der Waals surface area contributed by atoms with Crippen molar-refractivity contribution in [1.82, 2.24) is 5.32 Å². The van der Waals surface area contributed by atoms with Crippen molar-refractivity contribution in [2.24, 2.45) is 0 Å². The van der Waals surface area contributed by atoms with Gasteiger partial charge in [0.2, 0.25) is 5.91 Å². The van der Waals surface area contributed by atoms with E-state index >= 15 is 0 Å². The highest BCUT2D eigenvalue weighted by Gasteiger charge is 2.08. The van der Waals surface area contributed by atoms with E-state index in [9.17, 15) is 4.79 Å². The van der Waals surface area contributed by atoms with Gasteiger partial charge in [-0.3, -0.25) is 4.79 Å². The average Bonchev–Trinajstić information content (AvgIpc) is 2.60. The summed E-state index contributed by atoms with van der Waals surface area (Å²) >= 11 is 0. The second-order valence-corrected chi connectivity index (χ2v) is 5.31. The van der Waals surface area contributed by atoms with Gasteiger partial charge in [0.05, 0.1) is 20.6 Å². The second-order valence-electron chi connectivity index (χ2n) is 5.31. The predicted octanol–water partition coefficient (Wildman–Crippen LogP) is 3.13. The first-order valence-electron chi connectivity index (χ1n) is 7.71. The van der Waals surface area contributed by atoms with Gasteiger partial charge in [-0.05, 0) is 35.2 Å². The number of nitrogens with one attached hydrogen (secondary N) is 1. The fraction of sp³-hybridized carbons (Fsp3) is 0.316. The molecular formula is C19H23NO3. The van der Waals surface area contributed by atoms with Crippen molar-refractivity contribution in [3.05, 3.63) is 59.2 Å². The molecule has 0 spiro atoms. The van der Waals surface area contributed by atoms with Crippen molar-refractivity contribution >= 4 is 5.91 Å². The molecule has 2 rings (SSSR count). The van der Waals surface area contributed by atoms with Crippen molar-refractivity contribution in [3.63, 3.8) is 0 Å². The third-order valence-corrected chi connectivity index (χ3v) is 3.73. The standard InChI is InChI=1S/C19H23NO3/c1-4-14-5-7-15(8-6-14)13-20-19(21)12-16-9-10-17(22-2)18(11-16)23-3/h5-11H,4,12-13H2,1-3H3,(H,20,21). The lowest BCUT2D eigenvalue weighted by molar-refractivity contribution is -0.120. The fourth-order valence-corrected chi connectivity index (χ4v) is 2.33. The Bertz CT molecular complexity index is 650. The number of ether oxygens (including phenoxy) is 2. The van der Waals surface area contributed by atoms with Crippen LogP contribution in [-0.4, -0.2) is 20.1 Å². The van der Waals surface area contributed by atoms with Crippen LogP contribution < -0.4 is 14.8 Å². The SMILES string of the molecule is CCc1ccc(CNC(=O)Cc2ccc(OC)c(OC)c2)cc1. The van der Waals surface area contributed by atoms with E-state index in [1.54, 1.807) is 14.2 Å². The Balaban J connectivity index is 1.91. The van der Waals surface area contributed by atoms with Crippen LogP contribution in [0.25, 0.3) is 0 Å². The van der Waals surface area contributed by atoms with Crippen LogP contribution in [0.4, 0.5) is 0 Å². The van der Waals surface area contributed by atoms with Gasteiger partial charge in [0.15, 0.2) is 11.5 Å². The van der Waals surface area contributed by atoms with Gasteiger partial charge in [0.25, 0.3) is 0 Å². The van der Waals surface area contributed by atoms with Gasteiger partial charge in [-0.2, -0.15) is 0 Å². The molecule has 23 heavy (non-hydrogen) atoms. The molecule has 0 aliphatic heterocycles. The Labute approximate surface area is 137 Å². The molecule has 0 saturated heterocycles. The fourth-order valence-electron chi connectivity index (χ4n) is 2.33. The van der Waals surface area contributed by atoms with E-state index in [2.05, 4.69) is 36.5 Å². The van der Waals surface area contributed by atoms with E-state index in [0.717, 1.165) is 17.5 Å². The molecular weight excluding hydrogens is 290 g/mol. The first-order valence-corrected chi connectivity index (χ1v) is 7.71. The molecule has 0 atom stereocenters. The second kappa shape index (κ2) is 8.22. The normalized spacial score (nSPS) is 10.2. The number of aryl methyl sites for hydroxylation is 1. The van der Waals surface area contributed by atoms with Crippen molar-refractivity contribution in [1.29, 1.82) is 0 Å². The van der Waals surface area contributed by atoms with Gasteiger partial charge < -0.3 is 14.8 Å². The highest BCUT2D eigenvalue weighted by Crippen LogP contribution is 2.27. The van der Waals surface area contributed by atoms with Gasteiger partial charge in [-0.25, -0.2) is 0 Å². The van der Waals surface area contributed by atoms with Crippen LogP contribution in [0.2, 0.25) is 0 Å². The van der Waals surface area contributed by atoms with Crippen LogP contribution in [0.5, 0.6) is 11.5 Å². The minimum absolute atomic E-state index is 0.0169. The monoisotopic (exact) mass is 313 g/mol. The molecule has 1 amide bonds. The van der Waals surface area contributed by atoms with Crippen LogP contribution >= 0.6 is 0 Å². The number of hydrogen-bond donors (Lipinski definition) is 1. The number of amides is 1. The zero-order valence-electron chi connectivity index (χ0n) is 13.9. The molecule has 122 valence electrons. The van der Waals surface area contributed by atoms with Crippen molar-refractivity contribution in [2.45, 2.75) is 26.3 Å². The topological polar surface area (TPSA) is 47.6 Å². The van der Waals surface area contributed by atoms with Gasteiger partial charge >= 0.3 is 0 Å². The molecule has 0 aromatic heterocycles. The van der Waals surface area contributed by atoms with Gasteiger partial charge in [-0.1, -0.05) is 37.3 Å². The summed E-state index contributed by atoms with van der Waals surface area (Å²) in [6, 6.07) is 13.8. The lowest BCUT2D eigenvalue weighted by Crippen LogP contribution is -2.24. The Morgan fingerprint density at radius 2 is 1.52 bits per heavy atom. The Hall–Kier alpha value is -2.49. The summed E-state index contributed by atoms with van der Waals surface area (Å²) in [6.07, 6.45) is 1.33. The molecule has 0 bridgehead atoms. The maximum atomic E-state index is 12.1. The molecule has 0 saturated carbocycles. The van der Waals surface area contributed by atoms with E-state index in [1.165, 1.54) is 5.56 Å². The predicted molar refractivity (Wildman–Crippen MR) is 90.9 cm³/mol. The highest BCUT2D eigenvalue weighted by molar-refractivity contribution is 5.78. The third-order valence-electron chi connectivity index (χ3n) is 3.73. The van der Waals surface area contributed by atoms with E-state index in [1.807, 2.05) is 18.2 Å². The summed E-state index contributed by atoms with van der Waals surface area (Å²) in [4.78, 5) is 12.1. The smallest absolute Gasteiger partial charge is 0.224 e. The van der Waals surface area contributed by atoms with E-state index in [0.29, 0.717) is 24.5 Å². The summed E-state index contributed by atoms with van der Waals surface area (Å²) in [6.45, 7) is 2.66. The van der Waals surface area contributed by atoms with E-state index < -0.39 is 0 Å². The number of benzene rings is 2. The van der Waals surface area contributed by atoms with E-state index in [4.69, 9.17) is 9.47 Å². The maximum Gasteiger partial charge on any atom is 0.224 e. The molecule has 2 aromatic carbocycles. The first-order chi connectivity index (χ1) is 11.2. The maximum absolute atomic E-state index is 12.1. The van der Waals surface area contributed by atoms with Crippen molar-refractivity contribution in [3.8, 4) is 11.5 Å². The average molecular weight is 313 g/mol. The Morgan fingerprint density at radius 3 is 2.13 bits per heavy atom. The summed E-state index contributed by atoms with van der Waals surface area (Å²) in [7, 11) is 3.18.